The summed E-state index contributed by atoms with van der Waals surface area (Å²) < 4.78 is 19.0. The molecule has 0 unspecified atom stereocenters. The Labute approximate surface area is 165 Å². The van der Waals surface area contributed by atoms with Gasteiger partial charge < -0.3 is 25.0 Å². The Bertz CT molecular complexity index is 820. The zero-order chi connectivity index (χ0) is 19.9. The number of aromatic hydroxyl groups is 1. The van der Waals surface area contributed by atoms with Gasteiger partial charge >= 0.3 is 0 Å². The van der Waals surface area contributed by atoms with E-state index in [1.807, 2.05) is 25.1 Å². The average molecular weight is 386 g/mol. The van der Waals surface area contributed by atoms with Crippen LogP contribution >= 0.6 is 0 Å². The third kappa shape index (κ3) is 4.65. The molecule has 3 rings (SSSR count). The van der Waals surface area contributed by atoms with Crippen molar-refractivity contribution in [1.29, 1.82) is 0 Å². The van der Waals surface area contributed by atoms with E-state index in [9.17, 15) is 9.50 Å². The maximum Gasteiger partial charge on any atom is 0.194 e. The summed E-state index contributed by atoms with van der Waals surface area (Å²) in [7, 11) is 1.69. The van der Waals surface area contributed by atoms with Crippen LogP contribution in [0.4, 0.5) is 10.1 Å². The molecule has 2 N–H and O–H groups in total. The van der Waals surface area contributed by atoms with Gasteiger partial charge in [-0.3, -0.25) is 0 Å². The molecule has 7 heteroatoms. The predicted molar refractivity (Wildman–Crippen MR) is 110 cm³/mol. The number of piperazine rings is 1. The third-order valence-electron chi connectivity index (χ3n) is 4.76. The van der Waals surface area contributed by atoms with E-state index in [1.54, 1.807) is 13.2 Å². The standard InChI is InChI=1S/C21H27FN4O2/c1-3-23-21(24-15-16-8-9-19(27)17(22)14-16)26-12-10-25(11-13-26)18-6-4-5-7-20(18)28-2/h4-9,14,27H,3,10-13,15H2,1-2H3,(H,23,24). The number of methoxy groups -OCH3 is 1. The summed E-state index contributed by atoms with van der Waals surface area (Å²) in [5, 5.41) is 12.6. The summed E-state index contributed by atoms with van der Waals surface area (Å²) in [6, 6.07) is 12.4. The topological polar surface area (TPSA) is 60.3 Å². The SMILES string of the molecule is CCNC(=NCc1ccc(O)c(F)c1)N1CCN(c2ccccc2OC)CC1. The molecule has 1 aliphatic heterocycles. The van der Waals surface area contributed by atoms with Crippen molar-refractivity contribution in [2.75, 3.05) is 44.7 Å². The van der Waals surface area contributed by atoms with Crippen molar-refractivity contribution in [1.82, 2.24) is 10.2 Å². The Balaban J connectivity index is 1.66. The number of phenolic OH excluding ortho intramolecular Hbond substituents is 1. The number of nitrogens with one attached hydrogen (secondary N) is 1. The van der Waals surface area contributed by atoms with Crippen LogP contribution in [-0.4, -0.2) is 55.8 Å². The molecule has 0 amide bonds. The summed E-state index contributed by atoms with van der Waals surface area (Å²) in [6.07, 6.45) is 0. The highest BCUT2D eigenvalue weighted by atomic mass is 19.1. The van der Waals surface area contributed by atoms with E-state index in [1.165, 1.54) is 12.1 Å². The van der Waals surface area contributed by atoms with Crippen LogP contribution in [0.15, 0.2) is 47.5 Å². The lowest BCUT2D eigenvalue weighted by atomic mass is 10.2. The van der Waals surface area contributed by atoms with Crippen molar-refractivity contribution < 1.29 is 14.2 Å². The Hall–Kier alpha value is -2.96. The van der Waals surface area contributed by atoms with E-state index in [0.29, 0.717) is 6.54 Å². The smallest absolute Gasteiger partial charge is 0.194 e. The zero-order valence-electron chi connectivity index (χ0n) is 16.4. The highest BCUT2D eigenvalue weighted by Gasteiger charge is 2.21. The largest absolute Gasteiger partial charge is 0.505 e. The number of aliphatic imine (C=N–C) groups is 1. The maximum absolute atomic E-state index is 13.5. The molecule has 0 aromatic heterocycles. The molecule has 28 heavy (non-hydrogen) atoms. The number of benzene rings is 2. The average Bonchev–Trinajstić information content (AvgIpc) is 2.73. The lowest BCUT2D eigenvalue weighted by molar-refractivity contribution is 0.367. The molecule has 1 saturated heterocycles. The molecule has 0 radical (unpaired) electrons. The highest BCUT2D eigenvalue weighted by Crippen LogP contribution is 2.28. The number of halogens is 1. The summed E-state index contributed by atoms with van der Waals surface area (Å²) in [5.41, 5.74) is 1.82. The normalized spacial score (nSPS) is 14.9. The number of nitrogens with zero attached hydrogens (tertiary/aromatic N) is 3. The van der Waals surface area contributed by atoms with Gasteiger partial charge in [0, 0.05) is 32.7 Å². The number of phenols is 1. The molecule has 150 valence electrons. The molecule has 0 atom stereocenters. The minimum absolute atomic E-state index is 0.341. The fraction of sp³-hybridized carbons (Fsp3) is 0.381. The first-order valence-electron chi connectivity index (χ1n) is 9.51. The fourth-order valence-electron chi connectivity index (χ4n) is 3.29. The number of para-hydroxylation sites is 2. The van der Waals surface area contributed by atoms with Gasteiger partial charge in [0.1, 0.15) is 5.75 Å². The molecule has 0 bridgehead atoms. The second kappa shape index (κ2) is 9.30. The Kier molecular flexibility index (Phi) is 6.57. The third-order valence-corrected chi connectivity index (χ3v) is 4.76. The number of hydrogen-bond acceptors (Lipinski definition) is 4. The van der Waals surface area contributed by atoms with E-state index in [-0.39, 0.29) is 5.75 Å². The molecule has 1 heterocycles. The molecule has 1 aliphatic rings. The minimum atomic E-state index is -0.622. The van der Waals surface area contributed by atoms with E-state index >= 15 is 0 Å². The molecule has 1 fully saturated rings. The number of anilines is 1. The van der Waals surface area contributed by atoms with E-state index in [0.717, 1.165) is 55.7 Å². The molecule has 2 aromatic rings. The number of ether oxygens (including phenoxy) is 1. The van der Waals surface area contributed by atoms with Gasteiger partial charge in [0.05, 0.1) is 19.3 Å². The predicted octanol–water partition coefficient (Wildman–Crippen LogP) is 2.83. The summed E-state index contributed by atoms with van der Waals surface area (Å²) in [5.74, 6) is 0.733. The lowest BCUT2D eigenvalue weighted by Gasteiger charge is -2.38. The van der Waals surface area contributed by atoms with Crippen LogP contribution in [0.2, 0.25) is 0 Å². The van der Waals surface area contributed by atoms with Gasteiger partial charge in [0.25, 0.3) is 0 Å². The number of hydrogen-bond donors (Lipinski definition) is 2. The van der Waals surface area contributed by atoms with Crippen LogP contribution in [0.25, 0.3) is 0 Å². The van der Waals surface area contributed by atoms with Gasteiger partial charge in [0.15, 0.2) is 17.5 Å². The summed E-state index contributed by atoms with van der Waals surface area (Å²) in [4.78, 5) is 9.18. The van der Waals surface area contributed by atoms with Crippen LogP contribution in [0.1, 0.15) is 12.5 Å². The summed E-state index contributed by atoms with van der Waals surface area (Å²) >= 11 is 0. The van der Waals surface area contributed by atoms with Gasteiger partial charge in [0.2, 0.25) is 0 Å². The first kappa shape index (κ1) is 19.8. The van der Waals surface area contributed by atoms with Crippen molar-refractivity contribution in [2.24, 2.45) is 4.99 Å². The Morgan fingerprint density at radius 3 is 2.61 bits per heavy atom. The Morgan fingerprint density at radius 2 is 1.93 bits per heavy atom. The molecule has 0 aliphatic carbocycles. The second-order valence-electron chi connectivity index (χ2n) is 6.60. The zero-order valence-corrected chi connectivity index (χ0v) is 16.4. The quantitative estimate of drug-likeness (QED) is 0.611. The van der Waals surface area contributed by atoms with Gasteiger partial charge in [-0.1, -0.05) is 18.2 Å². The first-order chi connectivity index (χ1) is 13.6. The van der Waals surface area contributed by atoms with Crippen molar-refractivity contribution in [3.8, 4) is 11.5 Å². The Morgan fingerprint density at radius 1 is 1.18 bits per heavy atom. The molecule has 6 nitrogen and oxygen atoms in total. The van der Waals surface area contributed by atoms with Gasteiger partial charge in [-0.25, -0.2) is 9.38 Å². The van der Waals surface area contributed by atoms with Gasteiger partial charge in [-0.05, 0) is 36.8 Å². The van der Waals surface area contributed by atoms with E-state index < -0.39 is 5.82 Å². The maximum atomic E-state index is 13.5. The van der Waals surface area contributed by atoms with Crippen LogP contribution in [0.3, 0.4) is 0 Å². The van der Waals surface area contributed by atoms with Crippen LogP contribution in [0, 0.1) is 5.82 Å². The van der Waals surface area contributed by atoms with Crippen molar-refractivity contribution in [3.05, 3.63) is 53.8 Å². The number of guanidine groups is 1. The molecule has 0 saturated carbocycles. The van der Waals surface area contributed by atoms with E-state index in [4.69, 9.17) is 4.74 Å². The molecule has 0 spiro atoms. The van der Waals surface area contributed by atoms with Crippen LogP contribution in [0.5, 0.6) is 11.5 Å². The monoisotopic (exact) mass is 386 g/mol. The number of rotatable bonds is 5. The van der Waals surface area contributed by atoms with Crippen molar-refractivity contribution in [2.45, 2.75) is 13.5 Å². The first-order valence-corrected chi connectivity index (χ1v) is 9.51. The second-order valence-corrected chi connectivity index (χ2v) is 6.60. The van der Waals surface area contributed by atoms with Crippen LogP contribution < -0.4 is 15.0 Å². The van der Waals surface area contributed by atoms with Gasteiger partial charge in [-0.2, -0.15) is 0 Å². The van der Waals surface area contributed by atoms with Crippen molar-refractivity contribution >= 4 is 11.6 Å². The van der Waals surface area contributed by atoms with Crippen LogP contribution in [-0.2, 0) is 6.54 Å². The molecule has 2 aromatic carbocycles. The van der Waals surface area contributed by atoms with Gasteiger partial charge in [-0.15, -0.1) is 0 Å². The fourth-order valence-corrected chi connectivity index (χ4v) is 3.29. The van der Waals surface area contributed by atoms with Crippen molar-refractivity contribution in [3.63, 3.8) is 0 Å². The summed E-state index contributed by atoms with van der Waals surface area (Å²) in [6.45, 7) is 6.52. The molecular formula is C21H27FN4O2. The van der Waals surface area contributed by atoms with E-state index in [2.05, 4.69) is 26.2 Å². The minimum Gasteiger partial charge on any atom is -0.505 e. The highest BCUT2D eigenvalue weighted by molar-refractivity contribution is 5.80. The lowest BCUT2D eigenvalue weighted by Crippen LogP contribution is -2.52. The molecular weight excluding hydrogens is 359 g/mol.